The Kier molecular flexibility index (Phi) is 1280. The van der Waals surface area contributed by atoms with Crippen molar-refractivity contribution in [1.29, 1.82) is 0 Å². The Morgan fingerprint density at radius 2 is 0.762 bits per heavy atom. The Morgan fingerprint density at radius 3 is 0.762 bits per heavy atom. The fourth-order valence-corrected chi connectivity index (χ4v) is 0. The predicted molar refractivity (Wildman–Crippen MR) is 123 cm³/mol. The van der Waals surface area contributed by atoms with Crippen LogP contribution in [0.15, 0.2) is 0 Å². The van der Waals surface area contributed by atoms with E-state index in [1.165, 1.54) is 4.70 Å². The molecule has 0 aliphatic carbocycles. The number of thiocarbonyl (C=S) groups is 1. The van der Waals surface area contributed by atoms with Gasteiger partial charge in [-0.1, -0.05) is 75.0 Å². The minimum atomic E-state index is -0.250. The highest BCUT2D eigenvalue weighted by Crippen LogP contribution is 1.50. The van der Waals surface area contributed by atoms with Gasteiger partial charge in [0.1, 0.15) is 0 Å². The first-order valence-electron chi connectivity index (χ1n) is 5.98. The lowest BCUT2D eigenvalue weighted by atomic mass is 11.0. The largest absolute Gasteiger partial charge is 0.483 e. The summed E-state index contributed by atoms with van der Waals surface area (Å²) in [5.41, 5.74) is 0.889. The van der Waals surface area contributed by atoms with Crippen LogP contribution in [0.4, 0.5) is 0 Å². The van der Waals surface area contributed by atoms with Crippen LogP contribution >= 0.6 is 50.1 Å². The average molecular weight is 401 g/mol. The molecule has 0 saturated heterocycles. The summed E-state index contributed by atoms with van der Waals surface area (Å²) >= 11 is 13.8. The van der Waals surface area contributed by atoms with Gasteiger partial charge in [-0.2, -0.15) is 0 Å². The zero-order valence-electron chi connectivity index (χ0n) is 13.7. The molecular formula is C13H44O4S4. The summed E-state index contributed by atoms with van der Waals surface area (Å²) < 4.78 is 1.28. The van der Waals surface area contributed by atoms with Crippen molar-refractivity contribution < 1.29 is 25.2 Å². The van der Waals surface area contributed by atoms with Crippen molar-refractivity contribution >= 4 is 72.5 Å². The Hall–Kier alpha value is -0.0500. The predicted octanol–water partition coefficient (Wildman–Crippen LogP) is 6.51. The molecule has 0 heterocycles. The molecule has 0 fully saturated rings. The van der Waals surface area contributed by atoms with Gasteiger partial charge in [-0.15, -0.1) is 37.9 Å². The molecule has 0 aromatic carbocycles. The van der Waals surface area contributed by atoms with Crippen molar-refractivity contribution in [3.63, 3.8) is 0 Å². The normalized spacial score (nSPS) is 3.57. The first-order valence-corrected chi connectivity index (χ1v) is 8.00. The number of thiol groups is 3. The molecule has 4 nitrogen and oxygen atoms in total. The van der Waals surface area contributed by atoms with Crippen molar-refractivity contribution in [1.82, 2.24) is 0 Å². The van der Waals surface area contributed by atoms with Gasteiger partial charge in [-0.05, 0) is 0 Å². The summed E-state index contributed by atoms with van der Waals surface area (Å²) in [5, 5.41) is 6.89. The van der Waals surface area contributed by atoms with Gasteiger partial charge in [0, 0.05) is 10.4 Å². The second-order valence-corrected chi connectivity index (χ2v) is 1.69. The lowest BCUT2D eigenvalue weighted by Crippen LogP contribution is -1.49. The third-order valence-corrected chi connectivity index (χ3v) is 0. The molecule has 0 radical (unpaired) electrons. The van der Waals surface area contributed by atoms with Crippen LogP contribution in [0, 0.1) is 0 Å². The summed E-state index contributed by atoms with van der Waals surface area (Å²) in [6.45, 7) is 15.8. The van der Waals surface area contributed by atoms with Crippen LogP contribution in [-0.4, -0.2) is 27.5 Å². The van der Waals surface area contributed by atoms with Crippen molar-refractivity contribution in [2.75, 3.05) is 0 Å². The smallest absolute Gasteiger partial charge is 0.290 e. The van der Waals surface area contributed by atoms with E-state index >= 15 is 0 Å². The van der Waals surface area contributed by atoms with E-state index in [9.17, 15) is 0 Å². The Morgan fingerprint density at radius 1 is 0.762 bits per heavy atom. The molecule has 0 bridgehead atoms. The third-order valence-electron chi connectivity index (χ3n) is 0. The zero-order valence-corrected chi connectivity index (χ0v) is 17.2. The molecule has 0 spiro atoms. The van der Waals surface area contributed by atoms with E-state index < -0.39 is 0 Å². The maximum atomic E-state index is 8.67. The molecule has 0 amide bonds. The zero-order chi connectivity index (χ0) is 18.8. The SMILES string of the molecule is C.CC.CC.CC.CC.O=CO.O=CS.O=CS.S=CS.[3HH].[3HH].[3HH].[3HH]. The first kappa shape index (κ1) is 58.4. The standard InChI is InChI=1S/4C2H6.CH2O2.2CH2OS.CH2S2.CH4.4H2/c4*1-2;4*2-1-3;;;;;/h4*1-2H3;4*1H,(H,2,3);1H4;4*1H/i;;;;;;;;;4*1+2. The second-order valence-electron chi connectivity index (χ2n) is 0.422. The summed E-state index contributed by atoms with van der Waals surface area (Å²) in [7, 11) is 0. The number of hydrogen-bond donors (Lipinski definition) is 4. The molecule has 0 aromatic heterocycles. The Bertz CT molecular complexity index is 98.0. The van der Waals surface area contributed by atoms with E-state index in [2.05, 4.69) is 50.1 Å². The molecule has 144 valence electrons. The van der Waals surface area contributed by atoms with Gasteiger partial charge in [-0.25, -0.2) is 0 Å². The van der Waals surface area contributed by atoms with Gasteiger partial charge in [0.2, 0.25) is 0 Å². The highest BCUT2D eigenvalue weighted by Gasteiger charge is 1.24. The number of rotatable bonds is 0. The minimum Gasteiger partial charge on any atom is -0.483 e. The summed E-state index contributed by atoms with van der Waals surface area (Å²) in [6.07, 6.45) is 0. The fraction of sp³-hybridized carbons (Fsp3) is 0.692. The molecule has 0 rings (SSSR count). The fourth-order valence-electron chi connectivity index (χ4n) is 0. The highest BCUT2D eigenvalue weighted by molar-refractivity contribution is 8.08. The minimum absolute atomic E-state index is 0. The van der Waals surface area contributed by atoms with Crippen LogP contribution in [0.5, 0.6) is 0 Å². The van der Waals surface area contributed by atoms with Crippen LogP contribution in [0.2, 0.25) is 0 Å². The van der Waals surface area contributed by atoms with E-state index in [0.29, 0.717) is 11.2 Å². The maximum Gasteiger partial charge on any atom is 0.290 e. The molecule has 8 heteroatoms. The monoisotopic (exact) mass is 400 g/mol. The van der Waals surface area contributed by atoms with Crippen molar-refractivity contribution in [2.45, 2.75) is 62.8 Å². The van der Waals surface area contributed by atoms with Crippen LogP contribution in [0.1, 0.15) is 68.5 Å². The van der Waals surface area contributed by atoms with Crippen LogP contribution in [0.25, 0.3) is 0 Å². The van der Waals surface area contributed by atoms with Crippen LogP contribution in [-0.2, 0) is 14.4 Å². The van der Waals surface area contributed by atoms with E-state index in [0.717, 1.165) is 0 Å². The summed E-state index contributed by atoms with van der Waals surface area (Å²) in [6, 6.07) is 0. The maximum absolute atomic E-state index is 8.67. The third kappa shape index (κ3) is 2570000. The summed E-state index contributed by atoms with van der Waals surface area (Å²) in [4.78, 5) is 25.7. The van der Waals surface area contributed by atoms with Gasteiger partial charge in [0.05, 0.1) is 0 Å². The average Bonchev–Trinajstić information content (AvgIpc) is 2.50. The first-order chi connectivity index (χ1) is 9.66. The topological polar surface area (TPSA) is 71.4 Å². The molecular weight excluding hydrogens is 348 g/mol. The van der Waals surface area contributed by atoms with Crippen molar-refractivity contribution in [3.05, 3.63) is 0 Å². The number of hydrogen-bond acceptors (Lipinski definition) is 4. The molecule has 0 aromatic rings. The lowest BCUT2D eigenvalue weighted by molar-refractivity contribution is -0.122. The van der Waals surface area contributed by atoms with Crippen molar-refractivity contribution in [3.8, 4) is 0 Å². The molecule has 1 N–H and O–H groups in total. The van der Waals surface area contributed by atoms with E-state index in [4.69, 9.17) is 19.5 Å². The van der Waals surface area contributed by atoms with Gasteiger partial charge in [-0.3, -0.25) is 14.4 Å². The number of carbonyl (C=O) groups excluding carboxylic acids is 2. The second kappa shape index (κ2) is 459. The summed E-state index contributed by atoms with van der Waals surface area (Å²) in [5.74, 6) is 0. The van der Waals surface area contributed by atoms with Gasteiger partial charge in [0.25, 0.3) is 6.47 Å². The highest BCUT2D eigenvalue weighted by atomic mass is 32.1. The Balaban J connectivity index is -0.00000000586. The van der Waals surface area contributed by atoms with Gasteiger partial charge < -0.3 is 5.11 Å². The van der Waals surface area contributed by atoms with E-state index in [1.807, 2.05) is 55.4 Å². The number of carbonyl (C=O) groups is 3. The quantitative estimate of drug-likeness (QED) is 0.212. The van der Waals surface area contributed by atoms with Crippen molar-refractivity contribution in [2.24, 2.45) is 0 Å². The molecule has 0 aliphatic rings. The van der Waals surface area contributed by atoms with Crippen LogP contribution < -0.4 is 0 Å². The molecule has 0 atom stereocenters. The molecule has 0 aliphatic heterocycles. The number of carboxylic acid groups (broad SMARTS) is 1. The molecule has 0 unspecified atom stereocenters. The van der Waals surface area contributed by atoms with Gasteiger partial charge in [0.15, 0.2) is 11.2 Å². The van der Waals surface area contributed by atoms with E-state index in [1.54, 1.807) is 0 Å². The van der Waals surface area contributed by atoms with E-state index in [-0.39, 0.29) is 19.6 Å². The molecule has 21 heavy (non-hydrogen) atoms. The Labute approximate surface area is 160 Å². The molecule has 0 saturated carbocycles. The van der Waals surface area contributed by atoms with Gasteiger partial charge >= 0.3 is 0 Å². The van der Waals surface area contributed by atoms with Crippen LogP contribution in [0.3, 0.4) is 0 Å². The lowest BCUT2D eigenvalue weighted by Gasteiger charge is -1.34.